The summed E-state index contributed by atoms with van der Waals surface area (Å²) in [5.41, 5.74) is 2.22. The normalized spacial score (nSPS) is 18.7. The van der Waals surface area contributed by atoms with Crippen LogP contribution < -0.4 is 5.32 Å². The Morgan fingerprint density at radius 1 is 1.29 bits per heavy atom. The fourth-order valence-electron chi connectivity index (χ4n) is 3.76. The molecule has 0 spiro atoms. The van der Waals surface area contributed by atoms with E-state index in [9.17, 15) is 18.4 Å². The van der Waals surface area contributed by atoms with Crippen molar-refractivity contribution in [3.8, 4) is 11.5 Å². The Kier molecular flexibility index (Phi) is 4.86. The van der Waals surface area contributed by atoms with Gasteiger partial charge in [-0.05, 0) is 44.6 Å². The van der Waals surface area contributed by atoms with Crippen molar-refractivity contribution in [1.29, 1.82) is 0 Å². The van der Waals surface area contributed by atoms with Crippen molar-refractivity contribution in [1.82, 2.24) is 10.1 Å². The molecule has 0 saturated heterocycles. The smallest absolute Gasteiger partial charge is 0.261 e. The van der Waals surface area contributed by atoms with E-state index in [1.807, 2.05) is 0 Å². The zero-order chi connectivity index (χ0) is 19.9. The number of rotatable bonds is 4. The van der Waals surface area contributed by atoms with Gasteiger partial charge >= 0.3 is 0 Å². The van der Waals surface area contributed by atoms with Crippen LogP contribution in [0.3, 0.4) is 0 Å². The molecule has 0 aliphatic heterocycles. The molecule has 2 aliphatic carbocycles. The number of hydrogen-bond acceptors (Lipinski definition) is 6. The van der Waals surface area contributed by atoms with E-state index in [2.05, 4.69) is 15.5 Å². The number of allylic oxidation sites excluding steroid dienone is 1. The quantitative estimate of drug-likeness (QED) is 0.767. The van der Waals surface area contributed by atoms with E-state index in [0.29, 0.717) is 45.3 Å². The molecule has 2 aromatic heterocycles. The van der Waals surface area contributed by atoms with E-state index in [-0.39, 0.29) is 31.1 Å². The van der Waals surface area contributed by atoms with E-state index in [1.54, 1.807) is 6.92 Å². The second-order valence-corrected chi connectivity index (χ2v) is 8.28. The van der Waals surface area contributed by atoms with Gasteiger partial charge in [0.05, 0.1) is 5.56 Å². The summed E-state index contributed by atoms with van der Waals surface area (Å²) in [7, 11) is 0. The highest BCUT2D eigenvalue weighted by molar-refractivity contribution is 7.17. The highest BCUT2D eigenvalue weighted by Crippen LogP contribution is 2.47. The number of aryl methyl sites for hydroxylation is 1. The molecule has 0 radical (unpaired) electrons. The lowest BCUT2D eigenvalue weighted by atomic mass is 9.91. The molecule has 0 aromatic carbocycles. The first kappa shape index (κ1) is 18.9. The highest BCUT2D eigenvalue weighted by atomic mass is 32.1. The average Bonchev–Trinajstić information content (AvgIpc) is 3.23. The predicted molar refractivity (Wildman–Crippen MR) is 99.5 cm³/mol. The molecule has 148 valence electrons. The molecule has 2 heterocycles. The largest absolute Gasteiger partial charge is 0.334 e. The van der Waals surface area contributed by atoms with Crippen molar-refractivity contribution in [3.63, 3.8) is 0 Å². The van der Waals surface area contributed by atoms with Crippen LogP contribution in [0.15, 0.2) is 15.7 Å². The molecule has 28 heavy (non-hydrogen) atoms. The van der Waals surface area contributed by atoms with Gasteiger partial charge in [-0.3, -0.25) is 9.59 Å². The number of halogens is 2. The van der Waals surface area contributed by atoms with E-state index in [0.717, 1.165) is 36.0 Å². The standard InChI is InChI=1S/C19H19F2N3O3S/c1-10-22-17(27-24-10)15-13-6-7-19(20,21)8-14(13)28-18(15)23-16(26)12-5-3-2-4-11(12)9-25/h9H,2-8H2,1H3,(H,23,26). The van der Waals surface area contributed by atoms with Crippen molar-refractivity contribution in [2.24, 2.45) is 0 Å². The minimum atomic E-state index is -2.77. The van der Waals surface area contributed by atoms with Crippen LogP contribution in [0.4, 0.5) is 13.8 Å². The van der Waals surface area contributed by atoms with Gasteiger partial charge in [-0.2, -0.15) is 4.98 Å². The summed E-state index contributed by atoms with van der Waals surface area (Å²) in [6, 6.07) is 0. The summed E-state index contributed by atoms with van der Waals surface area (Å²) >= 11 is 1.12. The van der Waals surface area contributed by atoms with Crippen LogP contribution in [0.1, 0.15) is 48.4 Å². The molecule has 9 heteroatoms. The third-order valence-corrected chi connectivity index (χ3v) is 6.29. The predicted octanol–water partition coefficient (Wildman–Crippen LogP) is 4.24. The Hall–Kier alpha value is -2.42. The maximum atomic E-state index is 13.9. The number of aromatic nitrogens is 2. The second-order valence-electron chi connectivity index (χ2n) is 7.17. The molecule has 2 aliphatic rings. The number of nitrogens with zero attached hydrogens (tertiary/aromatic N) is 2. The fourth-order valence-corrected chi connectivity index (χ4v) is 5.07. The number of amides is 1. The van der Waals surface area contributed by atoms with Crippen molar-refractivity contribution in [2.45, 2.75) is 57.8 Å². The molecule has 0 unspecified atom stereocenters. The number of carbonyl (C=O) groups is 2. The molecule has 0 fully saturated rings. The van der Waals surface area contributed by atoms with Crippen molar-refractivity contribution in [3.05, 3.63) is 27.4 Å². The number of carbonyl (C=O) groups excluding carboxylic acids is 2. The van der Waals surface area contributed by atoms with Crippen molar-refractivity contribution >= 4 is 28.5 Å². The average molecular weight is 407 g/mol. The number of nitrogens with one attached hydrogen (secondary N) is 1. The van der Waals surface area contributed by atoms with Crippen LogP contribution in [0.25, 0.3) is 11.5 Å². The Morgan fingerprint density at radius 2 is 2.07 bits per heavy atom. The summed E-state index contributed by atoms with van der Waals surface area (Å²) < 4.78 is 33.1. The number of anilines is 1. The van der Waals surface area contributed by atoms with Gasteiger partial charge in [-0.15, -0.1) is 11.3 Å². The first-order valence-electron chi connectivity index (χ1n) is 9.19. The maximum absolute atomic E-state index is 13.9. The lowest BCUT2D eigenvalue weighted by molar-refractivity contribution is -0.113. The summed E-state index contributed by atoms with van der Waals surface area (Å²) in [5.74, 6) is -2.50. The van der Waals surface area contributed by atoms with Gasteiger partial charge in [0.2, 0.25) is 0 Å². The van der Waals surface area contributed by atoms with E-state index < -0.39 is 5.92 Å². The molecule has 2 aromatic rings. The summed E-state index contributed by atoms with van der Waals surface area (Å²) in [5, 5.41) is 7.03. The Balaban J connectivity index is 1.74. The van der Waals surface area contributed by atoms with Gasteiger partial charge in [-0.25, -0.2) is 8.78 Å². The van der Waals surface area contributed by atoms with Crippen molar-refractivity contribution < 1.29 is 22.9 Å². The number of thiophene rings is 1. The minimum absolute atomic E-state index is 0.174. The molecule has 0 atom stereocenters. The Morgan fingerprint density at radius 3 is 2.79 bits per heavy atom. The third-order valence-electron chi connectivity index (χ3n) is 5.15. The van der Waals surface area contributed by atoms with Crippen molar-refractivity contribution in [2.75, 3.05) is 5.32 Å². The van der Waals surface area contributed by atoms with Gasteiger partial charge in [-0.1, -0.05) is 5.16 Å². The Labute approximate surface area is 164 Å². The molecule has 1 N–H and O–H groups in total. The fraction of sp³-hybridized carbons (Fsp3) is 0.474. The maximum Gasteiger partial charge on any atom is 0.261 e. The zero-order valence-corrected chi connectivity index (χ0v) is 16.1. The first-order chi connectivity index (χ1) is 13.4. The first-order valence-corrected chi connectivity index (χ1v) is 10.0. The summed E-state index contributed by atoms with van der Waals surface area (Å²) in [4.78, 5) is 28.9. The molecule has 6 nitrogen and oxygen atoms in total. The number of hydrogen-bond donors (Lipinski definition) is 1. The topological polar surface area (TPSA) is 85.1 Å². The molecule has 0 bridgehead atoms. The van der Waals surface area contributed by atoms with E-state index >= 15 is 0 Å². The van der Waals surface area contributed by atoms with Crippen LogP contribution >= 0.6 is 11.3 Å². The van der Waals surface area contributed by atoms with Gasteiger partial charge in [0, 0.05) is 28.9 Å². The van der Waals surface area contributed by atoms with E-state index in [4.69, 9.17) is 4.52 Å². The minimum Gasteiger partial charge on any atom is -0.334 e. The van der Waals surface area contributed by atoms with Gasteiger partial charge in [0.1, 0.15) is 11.3 Å². The summed E-state index contributed by atoms with van der Waals surface area (Å²) in [6.45, 7) is 1.67. The zero-order valence-electron chi connectivity index (χ0n) is 15.3. The summed E-state index contributed by atoms with van der Waals surface area (Å²) in [6.07, 6.45) is 3.09. The van der Waals surface area contributed by atoms with Gasteiger partial charge in [0.15, 0.2) is 5.82 Å². The van der Waals surface area contributed by atoms with Crippen LogP contribution in [-0.2, 0) is 22.4 Å². The van der Waals surface area contributed by atoms with Crippen LogP contribution in [0.5, 0.6) is 0 Å². The molecular weight excluding hydrogens is 388 g/mol. The molecular formula is C19H19F2N3O3S. The monoisotopic (exact) mass is 407 g/mol. The van der Waals surface area contributed by atoms with Gasteiger partial charge < -0.3 is 9.84 Å². The lowest BCUT2D eigenvalue weighted by Crippen LogP contribution is -2.24. The SMILES string of the molecule is Cc1noc(-c2c(NC(=O)C3=C(C=O)CCCC3)sc3c2CCC(F)(F)C3)n1. The molecule has 1 amide bonds. The van der Waals surface area contributed by atoms with Crippen LogP contribution in [-0.4, -0.2) is 28.3 Å². The van der Waals surface area contributed by atoms with Crippen LogP contribution in [0.2, 0.25) is 0 Å². The van der Waals surface area contributed by atoms with E-state index in [1.165, 1.54) is 0 Å². The molecule has 4 rings (SSSR count). The second kappa shape index (κ2) is 7.20. The van der Waals surface area contributed by atoms with Crippen LogP contribution in [0, 0.1) is 6.92 Å². The highest BCUT2D eigenvalue weighted by Gasteiger charge is 2.38. The Bertz CT molecular complexity index is 977. The number of alkyl halides is 2. The number of fused-ring (bicyclic) bond motifs is 1. The van der Waals surface area contributed by atoms with Gasteiger partial charge in [0.25, 0.3) is 17.7 Å². The lowest BCUT2D eigenvalue weighted by Gasteiger charge is -2.21. The molecule has 0 saturated carbocycles. The third kappa shape index (κ3) is 3.50. The number of aldehydes is 1.